The highest BCUT2D eigenvalue weighted by Gasteiger charge is 2.26. The summed E-state index contributed by atoms with van der Waals surface area (Å²) < 4.78 is 32.0. The van der Waals surface area contributed by atoms with Crippen LogP contribution in [0.5, 0.6) is 5.75 Å². The molecule has 2 aromatic rings. The third kappa shape index (κ3) is 7.75. The maximum atomic E-state index is 13.1. The summed E-state index contributed by atoms with van der Waals surface area (Å²) in [6.07, 6.45) is 1.52. The number of hydrogen-bond donors (Lipinski definition) is 1. The molecule has 0 saturated carbocycles. The molecule has 0 aliphatic heterocycles. The second-order valence-corrected chi connectivity index (χ2v) is 10.4. The van der Waals surface area contributed by atoms with Gasteiger partial charge in [-0.1, -0.05) is 28.1 Å². The average Bonchev–Trinajstić information content (AvgIpc) is 2.78. The van der Waals surface area contributed by atoms with E-state index in [1.165, 1.54) is 23.4 Å². The largest absolute Gasteiger partial charge is 0.497 e. The van der Waals surface area contributed by atoms with Gasteiger partial charge in [0.2, 0.25) is 21.8 Å². The van der Waals surface area contributed by atoms with E-state index in [1.54, 1.807) is 31.2 Å². The number of carbonyl (C=O) groups is 2. The predicted octanol–water partition coefficient (Wildman–Crippen LogP) is 3.17. The molecule has 0 heterocycles. The molecule has 2 rings (SSSR count). The monoisotopic (exact) mass is 539 g/mol. The van der Waals surface area contributed by atoms with Gasteiger partial charge in [0.1, 0.15) is 11.8 Å². The standard InChI is InChI=1S/C23H30BrN3O5S/c1-17(23(29)25-2)26(16-18-7-5-8-19(24)15-18)22(28)9-6-14-27(33(4,30)31)20-10-12-21(32-3)13-11-20/h5,7-8,10-13,15,17H,6,9,14,16H2,1-4H3,(H,25,29). The molecule has 33 heavy (non-hydrogen) atoms. The molecule has 1 N–H and O–H groups in total. The first-order valence-corrected chi connectivity index (χ1v) is 13.1. The molecule has 0 saturated heterocycles. The molecule has 10 heteroatoms. The van der Waals surface area contributed by atoms with Gasteiger partial charge in [-0.3, -0.25) is 13.9 Å². The number of anilines is 1. The van der Waals surface area contributed by atoms with Crippen molar-refractivity contribution in [3.8, 4) is 5.75 Å². The number of nitrogens with zero attached hydrogens (tertiary/aromatic N) is 2. The fourth-order valence-corrected chi connectivity index (χ4v) is 4.79. The normalized spacial score (nSPS) is 12.0. The number of carbonyl (C=O) groups excluding carboxylic acids is 2. The Morgan fingerprint density at radius 3 is 2.36 bits per heavy atom. The SMILES string of the molecule is CNC(=O)C(C)N(Cc1cccc(Br)c1)C(=O)CCCN(c1ccc(OC)cc1)S(C)(=O)=O. The highest BCUT2D eigenvalue weighted by molar-refractivity contribution is 9.10. The van der Waals surface area contributed by atoms with E-state index in [2.05, 4.69) is 21.2 Å². The molecule has 0 aromatic heterocycles. The number of amides is 2. The van der Waals surface area contributed by atoms with Gasteiger partial charge in [0.15, 0.2) is 0 Å². The first kappa shape index (κ1) is 26.7. The van der Waals surface area contributed by atoms with E-state index < -0.39 is 16.1 Å². The first-order chi connectivity index (χ1) is 15.6. The van der Waals surface area contributed by atoms with Crippen LogP contribution in [0.3, 0.4) is 0 Å². The van der Waals surface area contributed by atoms with Crippen LogP contribution in [0.1, 0.15) is 25.3 Å². The van der Waals surface area contributed by atoms with Crippen molar-refractivity contribution in [2.45, 2.75) is 32.4 Å². The summed E-state index contributed by atoms with van der Waals surface area (Å²) in [5, 5.41) is 2.58. The van der Waals surface area contributed by atoms with Crippen LogP contribution in [-0.2, 0) is 26.2 Å². The Balaban J connectivity index is 2.13. The number of ether oxygens (including phenoxy) is 1. The topological polar surface area (TPSA) is 96.0 Å². The Morgan fingerprint density at radius 2 is 1.82 bits per heavy atom. The van der Waals surface area contributed by atoms with E-state index in [-0.39, 0.29) is 31.3 Å². The summed E-state index contributed by atoms with van der Waals surface area (Å²) in [4.78, 5) is 26.9. The Hall–Kier alpha value is -2.59. The lowest BCUT2D eigenvalue weighted by atomic mass is 10.1. The lowest BCUT2D eigenvalue weighted by Crippen LogP contribution is -2.46. The molecule has 2 aromatic carbocycles. The fourth-order valence-electron chi connectivity index (χ4n) is 3.38. The van der Waals surface area contributed by atoms with Crippen molar-refractivity contribution in [3.63, 3.8) is 0 Å². The van der Waals surface area contributed by atoms with Crippen molar-refractivity contribution >= 4 is 43.5 Å². The molecule has 0 bridgehead atoms. The number of nitrogens with one attached hydrogen (secondary N) is 1. The lowest BCUT2D eigenvalue weighted by Gasteiger charge is -2.29. The van der Waals surface area contributed by atoms with Crippen molar-refractivity contribution in [3.05, 3.63) is 58.6 Å². The van der Waals surface area contributed by atoms with E-state index in [4.69, 9.17) is 4.74 Å². The van der Waals surface area contributed by atoms with Gasteiger partial charge < -0.3 is 15.0 Å². The van der Waals surface area contributed by atoms with Crippen molar-refractivity contribution in [2.24, 2.45) is 0 Å². The maximum absolute atomic E-state index is 13.1. The van der Waals surface area contributed by atoms with Crippen molar-refractivity contribution in [1.29, 1.82) is 0 Å². The Morgan fingerprint density at radius 1 is 1.15 bits per heavy atom. The van der Waals surface area contributed by atoms with Gasteiger partial charge in [0, 0.05) is 31.0 Å². The van der Waals surface area contributed by atoms with Crippen LogP contribution in [0, 0.1) is 0 Å². The summed E-state index contributed by atoms with van der Waals surface area (Å²) in [6.45, 7) is 2.08. The highest BCUT2D eigenvalue weighted by Crippen LogP contribution is 2.22. The lowest BCUT2D eigenvalue weighted by molar-refractivity contribution is -0.140. The summed E-state index contributed by atoms with van der Waals surface area (Å²) in [5.41, 5.74) is 1.37. The molecule has 1 atom stereocenters. The van der Waals surface area contributed by atoms with Crippen molar-refractivity contribution < 1.29 is 22.7 Å². The number of hydrogen-bond acceptors (Lipinski definition) is 5. The van der Waals surface area contributed by atoms with Crippen molar-refractivity contribution in [2.75, 3.05) is 31.3 Å². The van der Waals surface area contributed by atoms with E-state index in [0.29, 0.717) is 17.9 Å². The second kappa shape index (κ2) is 12.0. The number of rotatable bonds is 11. The second-order valence-electron chi connectivity index (χ2n) is 7.58. The first-order valence-electron chi connectivity index (χ1n) is 10.4. The molecule has 0 spiro atoms. The van der Waals surface area contributed by atoms with Crippen LogP contribution in [0.4, 0.5) is 5.69 Å². The zero-order valence-electron chi connectivity index (χ0n) is 19.2. The molecule has 0 radical (unpaired) electrons. The van der Waals surface area contributed by atoms with E-state index in [9.17, 15) is 18.0 Å². The quantitative estimate of drug-likeness (QED) is 0.473. The number of likely N-dealkylation sites (N-methyl/N-ethyl adjacent to an activating group) is 1. The molecule has 0 aliphatic carbocycles. The van der Waals surface area contributed by atoms with Gasteiger partial charge in [-0.15, -0.1) is 0 Å². The van der Waals surface area contributed by atoms with E-state index >= 15 is 0 Å². The minimum absolute atomic E-state index is 0.0948. The molecule has 1 unspecified atom stereocenters. The minimum Gasteiger partial charge on any atom is -0.497 e. The zero-order chi connectivity index (χ0) is 24.6. The Labute approximate surface area is 204 Å². The number of sulfonamides is 1. The third-order valence-corrected chi connectivity index (χ3v) is 6.86. The molecular weight excluding hydrogens is 510 g/mol. The van der Waals surface area contributed by atoms with Crippen LogP contribution in [0.25, 0.3) is 0 Å². The number of methoxy groups -OCH3 is 1. The number of halogens is 1. The van der Waals surface area contributed by atoms with Gasteiger partial charge in [0.25, 0.3) is 0 Å². The van der Waals surface area contributed by atoms with Crippen LogP contribution in [0.15, 0.2) is 53.0 Å². The van der Waals surface area contributed by atoms with Gasteiger partial charge in [-0.05, 0) is 55.3 Å². The van der Waals surface area contributed by atoms with Crippen LogP contribution in [0.2, 0.25) is 0 Å². The molecule has 0 fully saturated rings. The minimum atomic E-state index is -3.54. The smallest absolute Gasteiger partial charge is 0.242 e. The van der Waals surface area contributed by atoms with Crippen LogP contribution in [-0.4, -0.2) is 58.1 Å². The summed E-state index contributed by atoms with van der Waals surface area (Å²) in [7, 11) is -0.481. The Bertz CT molecular complexity index is 1060. The molecule has 8 nitrogen and oxygen atoms in total. The highest BCUT2D eigenvalue weighted by atomic mass is 79.9. The molecule has 2 amide bonds. The van der Waals surface area contributed by atoms with Gasteiger partial charge in [-0.2, -0.15) is 0 Å². The number of benzene rings is 2. The molecular formula is C23H30BrN3O5S. The van der Waals surface area contributed by atoms with Crippen LogP contribution >= 0.6 is 15.9 Å². The maximum Gasteiger partial charge on any atom is 0.242 e. The summed E-state index contributed by atoms with van der Waals surface area (Å²) in [6, 6.07) is 13.6. The summed E-state index contributed by atoms with van der Waals surface area (Å²) >= 11 is 3.42. The van der Waals surface area contributed by atoms with Gasteiger partial charge in [0.05, 0.1) is 19.1 Å². The zero-order valence-corrected chi connectivity index (χ0v) is 21.6. The average molecular weight is 540 g/mol. The van der Waals surface area contributed by atoms with E-state index in [1.807, 2.05) is 24.3 Å². The molecule has 180 valence electrons. The fraction of sp³-hybridized carbons (Fsp3) is 0.391. The van der Waals surface area contributed by atoms with Gasteiger partial charge in [-0.25, -0.2) is 8.42 Å². The summed E-state index contributed by atoms with van der Waals surface area (Å²) in [5.74, 6) is 0.123. The third-order valence-electron chi connectivity index (χ3n) is 5.17. The Kier molecular flexibility index (Phi) is 9.72. The van der Waals surface area contributed by atoms with Crippen LogP contribution < -0.4 is 14.4 Å². The predicted molar refractivity (Wildman–Crippen MR) is 133 cm³/mol. The molecule has 0 aliphatic rings. The van der Waals surface area contributed by atoms with E-state index in [0.717, 1.165) is 16.3 Å². The van der Waals surface area contributed by atoms with Crippen molar-refractivity contribution in [1.82, 2.24) is 10.2 Å². The van der Waals surface area contributed by atoms with Gasteiger partial charge >= 0.3 is 0 Å².